The van der Waals surface area contributed by atoms with E-state index in [4.69, 9.17) is 37.4 Å². The van der Waals surface area contributed by atoms with Crippen molar-refractivity contribution in [2.45, 2.75) is 13.0 Å². The van der Waals surface area contributed by atoms with Crippen molar-refractivity contribution in [1.29, 1.82) is 0 Å². The lowest BCUT2D eigenvalue weighted by atomic mass is 10.0. The number of carbonyl (C=O) groups excluding carboxylic acids is 1. The summed E-state index contributed by atoms with van der Waals surface area (Å²) in [6.45, 7) is 1.85. The second-order valence-electron chi connectivity index (χ2n) is 7.88. The van der Waals surface area contributed by atoms with Crippen LogP contribution in [0.1, 0.15) is 27.0 Å². The molecule has 0 spiro atoms. The minimum atomic E-state index is -0.199. The molecule has 7 heteroatoms. The van der Waals surface area contributed by atoms with E-state index in [1.165, 1.54) is 0 Å². The largest absolute Gasteiger partial charge is 0.496 e. The number of methoxy groups -OCH3 is 1. The molecule has 2 aliphatic heterocycles. The molecule has 168 valence electrons. The number of hydrogen-bond acceptors (Lipinski definition) is 5. The topological polar surface area (TPSA) is 48.0 Å². The van der Waals surface area contributed by atoms with Crippen molar-refractivity contribution in [2.75, 3.05) is 20.4 Å². The Hall–Kier alpha value is -2.99. The maximum Gasteiger partial charge on any atom is 0.231 e. The van der Waals surface area contributed by atoms with Crippen molar-refractivity contribution < 1.29 is 19.0 Å². The van der Waals surface area contributed by atoms with Crippen LogP contribution in [0.4, 0.5) is 0 Å². The fourth-order valence-electron chi connectivity index (χ4n) is 4.12. The molecule has 2 aliphatic rings. The molecule has 0 amide bonds. The molecule has 3 aromatic rings. The summed E-state index contributed by atoms with van der Waals surface area (Å²) in [5, 5.41) is 0.908. The summed E-state index contributed by atoms with van der Waals surface area (Å²) in [5.74, 6) is 2.13. The first kappa shape index (κ1) is 21.8. The van der Waals surface area contributed by atoms with Crippen molar-refractivity contribution in [3.8, 4) is 17.2 Å². The SMILES string of the molecule is COc1ccccc1CCN1COc2ccc3c(c2C1)O/C(=C\c1c(Cl)cccc1Cl)C3=O. The van der Waals surface area contributed by atoms with Gasteiger partial charge in [0, 0.05) is 28.7 Å². The zero-order valence-electron chi connectivity index (χ0n) is 17.9. The van der Waals surface area contributed by atoms with Gasteiger partial charge in [-0.25, -0.2) is 0 Å². The number of Topliss-reactive ketones (excluding diaryl/α,β-unsaturated/α-hetero) is 1. The standard InChI is InChI=1S/C26H21Cl2NO4/c1-31-22-8-3-2-5-16(22)11-12-29-14-19-23(32-15-29)10-9-17-25(30)24(33-26(17)19)13-18-20(27)6-4-7-21(18)28/h2-10,13H,11-12,14-15H2,1H3/b24-13-. The number of fused-ring (bicyclic) bond motifs is 3. The molecule has 0 saturated carbocycles. The van der Waals surface area contributed by atoms with Crippen LogP contribution in [-0.2, 0) is 13.0 Å². The number of hydrogen-bond donors (Lipinski definition) is 0. The summed E-state index contributed by atoms with van der Waals surface area (Å²) in [6, 6.07) is 16.8. The molecule has 0 atom stereocenters. The summed E-state index contributed by atoms with van der Waals surface area (Å²) in [4.78, 5) is 15.2. The second kappa shape index (κ2) is 9.10. The average molecular weight is 482 g/mol. The van der Waals surface area contributed by atoms with E-state index in [9.17, 15) is 4.79 Å². The lowest BCUT2D eigenvalue weighted by molar-refractivity contribution is 0.0948. The fraction of sp³-hybridized carbons (Fsp3) is 0.192. The number of allylic oxidation sites excluding steroid dienone is 1. The third kappa shape index (κ3) is 4.20. The summed E-state index contributed by atoms with van der Waals surface area (Å²) in [7, 11) is 1.68. The number of ketones is 1. The van der Waals surface area contributed by atoms with Crippen LogP contribution in [-0.4, -0.2) is 31.1 Å². The van der Waals surface area contributed by atoms with E-state index in [1.807, 2.05) is 24.3 Å². The van der Waals surface area contributed by atoms with Crippen LogP contribution in [0.3, 0.4) is 0 Å². The monoisotopic (exact) mass is 481 g/mol. The molecule has 2 heterocycles. The van der Waals surface area contributed by atoms with Gasteiger partial charge in [0.05, 0.1) is 18.2 Å². The van der Waals surface area contributed by atoms with Gasteiger partial charge >= 0.3 is 0 Å². The molecule has 0 fully saturated rings. The van der Waals surface area contributed by atoms with Crippen molar-refractivity contribution in [2.24, 2.45) is 0 Å². The third-order valence-electron chi connectivity index (χ3n) is 5.85. The van der Waals surface area contributed by atoms with Crippen LogP contribution in [0.5, 0.6) is 17.2 Å². The first-order valence-corrected chi connectivity index (χ1v) is 11.3. The number of rotatable bonds is 5. The Morgan fingerprint density at radius 1 is 1.06 bits per heavy atom. The first-order valence-electron chi connectivity index (χ1n) is 10.6. The van der Waals surface area contributed by atoms with Gasteiger partial charge in [0.2, 0.25) is 5.78 Å². The number of carbonyl (C=O) groups is 1. The van der Waals surface area contributed by atoms with Gasteiger partial charge in [-0.3, -0.25) is 9.69 Å². The molecule has 33 heavy (non-hydrogen) atoms. The molecule has 3 aromatic carbocycles. The molecule has 0 aliphatic carbocycles. The molecule has 0 unspecified atom stereocenters. The Labute approximate surface area is 202 Å². The van der Waals surface area contributed by atoms with Gasteiger partial charge in [-0.2, -0.15) is 0 Å². The molecule has 5 rings (SSSR count). The van der Waals surface area contributed by atoms with E-state index < -0.39 is 0 Å². The highest BCUT2D eigenvalue weighted by Gasteiger charge is 2.33. The van der Waals surface area contributed by atoms with E-state index >= 15 is 0 Å². The minimum Gasteiger partial charge on any atom is -0.496 e. The maximum absolute atomic E-state index is 13.0. The summed E-state index contributed by atoms with van der Waals surface area (Å²) >= 11 is 12.6. The Morgan fingerprint density at radius 2 is 1.85 bits per heavy atom. The van der Waals surface area contributed by atoms with Crippen LogP contribution in [0.2, 0.25) is 10.0 Å². The predicted octanol–water partition coefficient (Wildman–Crippen LogP) is 6.01. The van der Waals surface area contributed by atoms with Crippen molar-refractivity contribution in [3.63, 3.8) is 0 Å². The van der Waals surface area contributed by atoms with Gasteiger partial charge < -0.3 is 14.2 Å². The van der Waals surface area contributed by atoms with E-state index in [1.54, 1.807) is 37.5 Å². The number of ether oxygens (including phenoxy) is 3. The minimum absolute atomic E-state index is 0.194. The zero-order chi connectivity index (χ0) is 22.9. The lowest BCUT2D eigenvalue weighted by Gasteiger charge is -2.29. The second-order valence-corrected chi connectivity index (χ2v) is 8.70. The van der Waals surface area contributed by atoms with Crippen molar-refractivity contribution >= 4 is 35.1 Å². The highest BCUT2D eigenvalue weighted by atomic mass is 35.5. The van der Waals surface area contributed by atoms with Crippen molar-refractivity contribution in [3.05, 3.63) is 92.7 Å². The van der Waals surface area contributed by atoms with Crippen LogP contribution in [0.15, 0.2) is 60.4 Å². The van der Waals surface area contributed by atoms with E-state index in [2.05, 4.69) is 11.0 Å². The van der Waals surface area contributed by atoms with Gasteiger partial charge in [0.25, 0.3) is 0 Å². The maximum atomic E-state index is 13.0. The summed E-state index contributed by atoms with van der Waals surface area (Å²) in [5.41, 5.74) is 3.07. The zero-order valence-corrected chi connectivity index (χ0v) is 19.4. The van der Waals surface area contributed by atoms with Gasteiger partial charge in [-0.05, 0) is 48.4 Å². The van der Waals surface area contributed by atoms with Crippen molar-refractivity contribution in [1.82, 2.24) is 4.90 Å². The van der Waals surface area contributed by atoms with Crippen LogP contribution < -0.4 is 14.2 Å². The molecular formula is C26H21Cl2NO4. The van der Waals surface area contributed by atoms with Crippen LogP contribution >= 0.6 is 23.2 Å². The van der Waals surface area contributed by atoms with E-state index in [-0.39, 0.29) is 11.5 Å². The van der Waals surface area contributed by atoms with Gasteiger partial charge in [-0.15, -0.1) is 0 Å². The predicted molar refractivity (Wildman–Crippen MR) is 128 cm³/mol. The Bertz CT molecular complexity index is 1250. The molecule has 0 radical (unpaired) electrons. The highest BCUT2D eigenvalue weighted by Crippen LogP contribution is 2.42. The van der Waals surface area contributed by atoms with Crippen LogP contribution in [0, 0.1) is 0 Å². The summed E-state index contributed by atoms with van der Waals surface area (Å²) in [6.07, 6.45) is 2.41. The number of para-hydroxylation sites is 1. The average Bonchev–Trinajstić information content (AvgIpc) is 3.16. The number of nitrogens with zero attached hydrogens (tertiary/aromatic N) is 1. The van der Waals surface area contributed by atoms with Gasteiger partial charge in [0.1, 0.15) is 24.0 Å². The van der Waals surface area contributed by atoms with Gasteiger partial charge in [0.15, 0.2) is 5.76 Å². The summed E-state index contributed by atoms with van der Waals surface area (Å²) < 4.78 is 17.5. The Morgan fingerprint density at radius 3 is 2.64 bits per heavy atom. The van der Waals surface area contributed by atoms with Gasteiger partial charge in [-0.1, -0.05) is 47.5 Å². The van der Waals surface area contributed by atoms with E-state index in [0.717, 1.165) is 35.6 Å². The molecule has 0 aromatic heterocycles. The smallest absolute Gasteiger partial charge is 0.231 e. The Balaban J connectivity index is 1.38. The number of benzene rings is 3. The fourth-order valence-corrected chi connectivity index (χ4v) is 4.62. The normalized spacial score (nSPS) is 16.2. The molecule has 0 saturated heterocycles. The molecule has 0 N–H and O–H groups in total. The van der Waals surface area contributed by atoms with E-state index in [0.29, 0.717) is 40.2 Å². The lowest BCUT2D eigenvalue weighted by Crippen LogP contribution is -2.33. The van der Waals surface area contributed by atoms with Crippen LogP contribution in [0.25, 0.3) is 6.08 Å². The quantitative estimate of drug-likeness (QED) is 0.417. The molecule has 0 bridgehead atoms. The highest BCUT2D eigenvalue weighted by molar-refractivity contribution is 6.37. The molecule has 5 nitrogen and oxygen atoms in total. The number of halogens is 2. The molecular weight excluding hydrogens is 461 g/mol. The first-order chi connectivity index (χ1) is 16.0. The Kier molecular flexibility index (Phi) is 6.02. The third-order valence-corrected chi connectivity index (χ3v) is 6.51.